The van der Waals surface area contributed by atoms with E-state index < -0.39 is 6.09 Å². The topological polar surface area (TPSA) is 84.3 Å². The fraction of sp³-hybridized carbons (Fsp3) is 0.632. The third-order valence-electron chi connectivity index (χ3n) is 11.6. The van der Waals surface area contributed by atoms with Crippen LogP contribution in [0.25, 0.3) is 0 Å². The standard InChI is InChI=1S/C38H52F2N6O3/c1-43(2)25-32-28(21-41)10-11-35(36(32)40)46-23-27(24-46)22-44-14-12-29(13-15-44)38(26-45-16-18-49-19-17-45,30-6-4-7-31(39)20-30)33-8-5-9-34(33)42-37(47)48-3/h4,6-7,10-11,20,27,29,33-34H,5,8-9,12-19,22-26H2,1-3H3,(H,42,47)/t33-,34-,38-/m0/s1. The zero-order valence-electron chi connectivity index (χ0n) is 29.3. The van der Waals surface area contributed by atoms with E-state index in [2.05, 4.69) is 32.2 Å². The van der Waals surface area contributed by atoms with Crippen LogP contribution in [0.3, 0.4) is 0 Å². The quantitative estimate of drug-likeness (QED) is 0.362. The lowest BCUT2D eigenvalue weighted by atomic mass is 9.58. The van der Waals surface area contributed by atoms with Crippen LogP contribution in [0.2, 0.25) is 0 Å². The molecule has 3 aliphatic heterocycles. The lowest BCUT2D eigenvalue weighted by molar-refractivity contribution is -0.00681. The van der Waals surface area contributed by atoms with Crippen molar-refractivity contribution >= 4 is 11.8 Å². The van der Waals surface area contributed by atoms with Crippen molar-refractivity contribution < 1.29 is 23.0 Å². The molecule has 0 aromatic heterocycles. The van der Waals surface area contributed by atoms with Crippen molar-refractivity contribution in [3.63, 3.8) is 0 Å². The Balaban J connectivity index is 1.18. The number of ether oxygens (including phenoxy) is 2. The van der Waals surface area contributed by atoms with Crippen LogP contribution in [0.4, 0.5) is 19.3 Å². The molecule has 1 N–H and O–H groups in total. The summed E-state index contributed by atoms with van der Waals surface area (Å²) >= 11 is 0. The maximum atomic E-state index is 15.6. The summed E-state index contributed by atoms with van der Waals surface area (Å²) in [7, 11) is 5.17. The molecule has 2 aromatic rings. The Labute approximate surface area is 290 Å². The van der Waals surface area contributed by atoms with Crippen LogP contribution in [0, 0.1) is 40.7 Å². The van der Waals surface area contributed by atoms with Crippen molar-refractivity contribution in [1.29, 1.82) is 5.26 Å². The van der Waals surface area contributed by atoms with Gasteiger partial charge in [0.15, 0.2) is 5.82 Å². The van der Waals surface area contributed by atoms with E-state index >= 15 is 8.78 Å². The van der Waals surface area contributed by atoms with E-state index in [1.54, 1.807) is 18.2 Å². The van der Waals surface area contributed by atoms with Crippen molar-refractivity contribution in [2.24, 2.45) is 17.8 Å². The number of carbonyl (C=O) groups is 1. The number of carbonyl (C=O) groups excluding carboxylic acids is 1. The van der Waals surface area contributed by atoms with Gasteiger partial charge in [0.2, 0.25) is 0 Å². The molecule has 6 rings (SSSR count). The van der Waals surface area contributed by atoms with Gasteiger partial charge in [-0.15, -0.1) is 0 Å². The first kappa shape index (κ1) is 35.5. The molecule has 0 spiro atoms. The van der Waals surface area contributed by atoms with E-state index in [4.69, 9.17) is 9.47 Å². The molecule has 0 unspecified atom stereocenters. The summed E-state index contributed by atoms with van der Waals surface area (Å²) in [5.41, 5.74) is 2.12. The van der Waals surface area contributed by atoms with Gasteiger partial charge in [0.05, 0.1) is 37.6 Å². The number of methoxy groups -OCH3 is 1. The number of piperidine rings is 1. The maximum Gasteiger partial charge on any atom is 0.407 e. The van der Waals surface area contributed by atoms with E-state index in [1.807, 2.05) is 25.1 Å². The third-order valence-corrected chi connectivity index (χ3v) is 11.6. The molecule has 3 atom stereocenters. The summed E-state index contributed by atoms with van der Waals surface area (Å²) < 4.78 is 41.4. The molecule has 2 aromatic carbocycles. The Morgan fingerprint density at radius 3 is 2.49 bits per heavy atom. The highest BCUT2D eigenvalue weighted by Gasteiger charge is 2.53. The number of nitrogens with zero attached hydrogens (tertiary/aromatic N) is 5. The van der Waals surface area contributed by atoms with Crippen LogP contribution >= 0.6 is 0 Å². The lowest BCUT2D eigenvalue weighted by Crippen LogP contribution is -2.59. The van der Waals surface area contributed by atoms with Gasteiger partial charge in [-0.25, -0.2) is 13.6 Å². The van der Waals surface area contributed by atoms with E-state index in [1.165, 1.54) is 13.2 Å². The number of nitriles is 1. The van der Waals surface area contributed by atoms with Gasteiger partial charge in [0.1, 0.15) is 5.82 Å². The molecule has 49 heavy (non-hydrogen) atoms. The molecule has 1 saturated carbocycles. The molecule has 9 nitrogen and oxygen atoms in total. The number of alkyl carbamates (subject to hydrolysis) is 1. The second-order valence-corrected chi connectivity index (χ2v) is 14.8. The zero-order valence-corrected chi connectivity index (χ0v) is 29.3. The highest BCUT2D eigenvalue weighted by Crippen LogP contribution is 2.51. The van der Waals surface area contributed by atoms with Crippen molar-refractivity contribution in [1.82, 2.24) is 20.0 Å². The van der Waals surface area contributed by atoms with Crippen LogP contribution in [0.1, 0.15) is 48.8 Å². The maximum absolute atomic E-state index is 15.6. The number of morpholine rings is 1. The monoisotopic (exact) mass is 678 g/mol. The first-order valence-electron chi connectivity index (χ1n) is 18.0. The molecule has 3 heterocycles. The molecule has 266 valence electrons. The second kappa shape index (κ2) is 15.7. The Bertz CT molecular complexity index is 1480. The van der Waals surface area contributed by atoms with Crippen LogP contribution in [0.15, 0.2) is 36.4 Å². The molecule has 3 saturated heterocycles. The minimum absolute atomic E-state index is 0.0448. The lowest BCUT2D eigenvalue weighted by Gasteiger charge is -2.53. The second-order valence-electron chi connectivity index (χ2n) is 14.8. The van der Waals surface area contributed by atoms with Crippen molar-refractivity contribution in [2.45, 2.75) is 50.1 Å². The van der Waals surface area contributed by atoms with Gasteiger partial charge in [-0.3, -0.25) is 4.90 Å². The number of hydrogen-bond donors (Lipinski definition) is 1. The fourth-order valence-corrected chi connectivity index (χ4v) is 9.26. The van der Waals surface area contributed by atoms with Crippen molar-refractivity contribution in [3.05, 3.63) is 64.7 Å². The fourth-order valence-electron chi connectivity index (χ4n) is 9.26. The minimum Gasteiger partial charge on any atom is -0.453 e. The van der Waals surface area contributed by atoms with Crippen molar-refractivity contribution in [2.75, 3.05) is 91.7 Å². The first-order valence-corrected chi connectivity index (χ1v) is 18.0. The van der Waals surface area contributed by atoms with Crippen LogP contribution in [-0.2, 0) is 21.4 Å². The number of amides is 1. The SMILES string of the molecule is COC(=O)N[C@H]1CCC[C@@H]1[C@](CN1CCOCC1)(c1cccc(F)c1)C1CCN(CC2CN(c3ccc(C#N)c(CN(C)C)c3F)C2)CC1. The predicted molar refractivity (Wildman–Crippen MR) is 185 cm³/mol. The molecular formula is C38H52F2N6O3. The third kappa shape index (κ3) is 7.73. The molecule has 4 fully saturated rings. The Morgan fingerprint density at radius 1 is 1.06 bits per heavy atom. The molecule has 4 aliphatic rings. The zero-order chi connectivity index (χ0) is 34.5. The summed E-state index contributed by atoms with van der Waals surface area (Å²) in [5, 5.41) is 12.7. The first-order chi connectivity index (χ1) is 23.7. The Kier molecular flexibility index (Phi) is 11.4. The number of halogens is 2. The largest absolute Gasteiger partial charge is 0.453 e. The van der Waals surface area contributed by atoms with Gasteiger partial charge in [-0.1, -0.05) is 18.6 Å². The molecule has 1 amide bonds. The van der Waals surface area contributed by atoms with Gasteiger partial charge in [0.25, 0.3) is 0 Å². The average Bonchev–Trinajstić information content (AvgIpc) is 3.55. The highest BCUT2D eigenvalue weighted by molar-refractivity contribution is 5.67. The predicted octanol–water partition coefficient (Wildman–Crippen LogP) is 4.84. The molecule has 1 aliphatic carbocycles. The minimum atomic E-state index is -0.407. The van der Waals surface area contributed by atoms with E-state index in [0.717, 1.165) is 90.0 Å². The summed E-state index contributed by atoms with van der Waals surface area (Å²) in [5.74, 6) is 0.382. The number of benzene rings is 2. The Morgan fingerprint density at radius 2 is 1.82 bits per heavy atom. The van der Waals surface area contributed by atoms with Crippen LogP contribution < -0.4 is 10.2 Å². The number of rotatable bonds is 11. The number of anilines is 1. The summed E-state index contributed by atoms with van der Waals surface area (Å²) in [6.45, 7) is 8.67. The van der Waals surface area contributed by atoms with Gasteiger partial charge >= 0.3 is 6.09 Å². The molecular weight excluding hydrogens is 626 g/mol. The molecule has 0 radical (unpaired) electrons. The number of hydrogen-bond acceptors (Lipinski definition) is 8. The smallest absolute Gasteiger partial charge is 0.407 e. The normalized spacial score (nSPS) is 24.0. The summed E-state index contributed by atoms with van der Waals surface area (Å²) in [6, 6.07) is 12.8. The Hall–Kier alpha value is -3.30. The summed E-state index contributed by atoms with van der Waals surface area (Å²) in [6.07, 6.45) is 4.42. The summed E-state index contributed by atoms with van der Waals surface area (Å²) in [4.78, 5) is 21.6. The number of likely N-dealkylation sites (tertiary alicyclic amines) is 1. The van der Waals surface area contributed by atoms with Crippen LogP contribution in [0.5, 0.6) is 0 Å². The molecule has 0 bridgehead atoms. The van der Waals surface area contributed by atoms with E-state index in [0.29, 0.717) is 48.4 Å². The number of nitrogens with one attached hydrogen (secondary N) is 1. The van der Waals surface area contributed by atoms with Gasteiger partial charge < -0.3 is 29.5 Å². The van der Waals surface area contributed by atoms with Gasteiger partial charge in [0, 0.05) is 68.8 Å². The van der Waals surface area contributed by atoms with E-state index in [-0.39, 0.29) is 29.0 Å². The van der Waals surface area contributed by atoms with Gasteiger partial charge in [-0.05, 0) is 94.5 Å². The molecule has 11 heteroatoms. The van der Waals surface area contributed by atoms with Crippen molar-refractivity contribution in [3.8, 4) is 6.07 Å². The van der Waals surface area contributed by atoms with Crippen LogP contribution in [-0.4, -0.2) is 114 Å². The van der Waals surface area contributed by atoms with E-state index in [9.17, 15) is 10.1 Å². The average molecular weight is 679 g/mol. The highest BCUT2D eigenvalue weighted by atomic mass is 19.1. The van der Waals surface area contributed by atoms with Gasteiger partial charge in [-0.2, -0.15) is 5.26 Å².